The molecule has 1 aromatic heterocycles. The first-order chi connectivity index (χ1) is 9.06. The van der Waals surface area contributed by atoms with Crippen LogP contribution in [0.5, 0.6) is 0 Å². The van der Waals surface area contributed by atoms with Crippen LogP contribution in [0.15, 0.2) is 43.7 Å². The minimum atomic E-state index is 0.565. The predicted molar refractivity (Wildman–Crippen MR) is 84.0 cm³/mol. The molecule has 96 valence electrons. The van der Waals surface area contributed by atoms with E-state index in [1.165, 1.54) is 0 Å². The van der Waals surface area contributed by atoms with Crippen LogP contribution in [0.1, 0.15) is 5.56 Å². The van der Waals surface area contributed by atoms with Crippen LogP contribution in [0, 0.1) is 6.92 Å². The van der Waals surface area contributed by atoms with Gasteiger partial charge < -0.3 is 10.2 Å². The Balaban J connectivity index is 2.26. The predicted octanol–water partition coefficient (Wildman–Crippen LogP) is 4.91. The monoisotopic (exact) mass is 380 g/mol. The minimum absolute atomic E-state index is 0.565. The number of nitrogens with two attached hydrogens (primary N) is 1. The maximum atomic E-state index is 5.94. The lowest BCUT2D eigenvalue weighted by molar-refractivity contribution is 0.620. The molecule has 0 amide bonds. The molecule has 5 heteroatoms. The van der Waals surface area contributed by atoms with E-state index in [1.807, 2.05) is 37.3 Å². The molecule has 2 aromatic carbocycles. The highest BCUT2D eigenvalue weighted by molar-refractivity contribution is 9.10. The van der Waals surface area contributed by atoms with Gasteiger partial charge in [-0.1, -0.05) is 28.1 Å². The zero-order chi connectivity index (χ0) is 13.6. The van der Waals surface area contributed by atoms with Crippen LogP contribution in [0.2, 0.25) is 0 Å². The lowest BCUT2D eigenvalue weighted by Gasteiger charge is -2.02. The topological polar surface area (TPSA) is 52.0 Å². The zero-order valence-electron chi connectivity index (χ0n) is 10.1. The number of aromatic nitrogens is 1. The summed E-state index contributed by atoms with van der Waals surface area (Å²) in [7, 11) is 0. The van der Waals surface area contributed by atoms with Crippen LogP contribution < -0.4 is 5.73 Å². The third-order valence-electron chi connectivity index (χ3n) is 2.91. The number of oxazole rings is 1. The summed E-state index contributed by atoms with van der Waals surface area (Å²) in [6, 6.07) is 9.67. The number of halogens is 2. The molecule has 3 aromatic rings. The van der Waals surface area contributed by atoms with Gasteiger partial charge in [0.05, 0.1) is 11.3 Å². The van der Waals surface area contributed by atoms with Crippen molar-refractivity contribution in [1.82, 2.24) is 4.98 Å². The van der Waals surface area contributed by atoms with E-state index in [-0.39, 0.29) is 0 Å². The van der Waals surface area contributed by atoms with Crippen LogP contribution >= 0.6 is 31.9 Å². The van der Waals surface area contributed by atoms with Crippen molar-refractivity contribution in [1.29, 1.82) is 0 Å². The summed E-state index contributed by atoms with van der Waals surface area (Å²) >= 11 is 6.97. The molecule has 0 aliphatic carbocycles. The second-order valence-electron chi connectivity index (χ2n) is 4.30. The third-order valence-corrected chi connectivity index (χ3v) is 4.42. The molecule has 0 aliphatic heterocycles. The molecule has 19 heavy (non-hydrogen) atoms. The van der Waals surface area contributed by atoms with E-state index < -0.39 is 0 Å². The summed E-state index contributed by atoms with van der Waals surface area (Å²) in [5.74, 6) is 0.565. The van der Waals surface area contributed by atoms with E-state index in [0.717, 1.165) is 25.6 Å². The third kappa shape index (κ3) is 2.17. The van der Waals surface area contributed by atoms with Crippen molar-refractivity contribution in [2.45, 2.75) is 6.92 Å². The average Bonchev–Trinajstić information content (AvgIpc) is 2.76. The summed E-state index contributed by atoms with van der Waals surface area (Å²) in [5, 5.41) is 0. The number of nitrogen functional groups attached to an aromatic ring is 1. The number of anilines is 1. The summed E-state index contributed by atoms with van der Waals surface area (Å²) in [5.41, 5.74) is 9.94. The van der Waals surface area contributed by atoms with Crippen LogP contribution in [0.3, 0.4) is 0 Å². The minimum Gasteiger partial charge on any atom is -0.434 e. The van der Waals surface area contributed by atoms with Gasteiger partial charge in [0.15, 0.2) is 5.58 Å². The maximum absolute atomic E-state index is 5.94. The van der Waals surface area contributed by atoms with Gasteiger partial charge in [0, 0.05) is 8.95 Å². The van der Waals surface area contributed by atoms with Crippen LogP contribution in [0.4, 0.5) is 5.69 Å². The molecule has 0 saturated carbocycles. The van der Waals surface area contributed by atoms with Gasteiger partial charge in [0.25, 0.3) is 0 Å². The summed E-state index contributed by atoms with van der Waals surface area (Å²) < 4.78 is 7.66. The highest BCUT2D eigenvalue weighted by atomic mass is 79.9. The number of nitrogens with zero attached hydrogens (tertiary/aromatic N) is 1. The first-order valence-corrected chi connectivity index (χ1v) is 7.26. The van der Waals surface area contributed by atoms with E-state index in [2.05, 4.69) is 36.8 Å². The molecule has 0 atom stereocenters. The van der Waals surface area contributed by atoms with Gasteiger partial charge in [0.2, 0.25) is 5.89 Å². The number of fused-ring (bicyclic) bond motifs is 1. The van der Waals surface area contributed by atoms with Gasteiger partial charge in [0.1, 0.15) is 5.52 Å². The van der Waals surface area contributed by atoms with E-state index >= 15 is 0 Å². The van der Waals surface area contributed by atoms with E-state index in [0.29, 0.717) is 17.2 Å². The smallest absolute Gasteiger partial charge is 0.228 e. The fourth-order valence-electron chi connectivity index (χ4n) is 1.95. The van der Waals surface area contributed by atoms with Gasteiger partial charge >= 0.3 is 0 Å². The van der Waals surface area contributed by atoms with Gasteiger partial charge in [-0.25, -0.2) is 4.98 Å². The Morgan fingerprint density at radius 1 is 1.21 bits per heavy atom. The largest absolute Gasteiger partial charge is 0.434 e. The molecule has 0 fully saturated rings. The van der Waals surface area contributed by atoms with Gasteiger partial charge in [-0.15, -0.1) is 0 Å². The maximum Gasteiger partial charge on any atom is 0.228 e. The Kier molecular flexibility index (Phi) is 3.11. The molecule has 3 rings (SSSR count). The van der Waals surface area contributed by atoms with Crippen molar-refractivity contribution in [3.63, 3.8) is 0 Å². The summed E-state index contributed by atoms with van der Waals surface area (Å²) in [6.45, 7) is 2.03. The lowest BCUT2D eigenvalue weighted by Crippen LogP contribution is -1.84. The Hall–Kier alpha value is -1.33. The fraction of sp³-hybridized carbons (Fsp3) is 0.0714. The SMILES string of the molecule is Cc1cccc(-c2nc3cc(Br)cc(N)c3o2)c1Br. The fourth-order valence-corrected chi connectivity index (χ4v) is 2.85. The molecule has 0 saturated heterocycles. The zero-order valence-corrected chi connectivity index (χ0v) is 13.2. The normalized spacial score (nSPS) is 11.1. The molecular formula is C14H10Br2N2O. The molecule has 3 nitrogen and oxygen atoms in total. The van der Waals surface area contributed by atoms with Crippen molar-refractivity contribution in [3.05, 3.63) is 44.8 Å². The van der Waals surface area contributed by atoms with Crippen LogP contribution in [-0.2, 0) is 0 Å². The molecule has 0 spiro atoms. The second kappa shape index (κ2) is 4.65. The van der Waals surface area contributed by atoms with Crippen molar-refractivity contribution in [2.75, 3.05) is 5.73 Å². The molecule has 0 unspecified atom stereocenters. The Labute approximate surface area is 127 Å². The van der Waals surface area contributed by atoms with Crippen LogP contribution in [-0.4, -0.2) is 4.98 Å². The first-order valence-electron chi connectivity index (χ1n) is 5.67. The Morgan fingerprint density at radius 2 is 2.00 bits per heavy atom. The van der Waals surface area contributed by atoms with Crippen LogP contribution in [0.25, 0.3) is 22.6 Å². The molecule has 0 bridgehead atoms. The first kappa shape index (κ1) is 12.7. The Bertz CT molecular complexity index is 780. The molecular weight excluding hydrogens is 372 g/mol. The lowest BCUT2D eigenvalue weighted by atomic mass is 10.1. The van der Waals surface area contributed by atoms with Gasteiger partial charge in [-0.05, 0) is 46.6 Å². The highest BCUT2D eigenvalue weighted by Crippen LogP contribution is 2.34. The number of rotatable bonds is 1. The highest BCUT2D eigenvalue weighted by Gasteiger charge is 2.14. The molecule has 2 N–H and O–H groups in total. The second-order valence-corrected chi connectivity index (χ2v) is 6.01. The van der Waals surface area contributed by atoms with E-state index in [4.69, 9.17) is 10.2 Å². The van der Waals surface area contributed by atoms with Gasteiger partial charge in [-0.2, -0.15) is 0 Å². The van der Waals surface area contributed by atoms with E-state index in [9.17, 15) is 0 Å². The molecule has 0 radical (unpaired) electrons. The van der Waals surface area contributed by atoms with E-state index in [1.54, 1.807) is 0 Å². The number of benzene rings is 2. The van der Waals surface area contributed by atoms with Crippen molar-refractivity contribution < 1.29 is 4.42 Å². The Morgan fingerprint density at radius 3 is 2.79 bits per heavy atom. The molecule has 1 heterocycles. The van der Waals surface area contributed by atoms with Crippen molar-refractivity contribution >= 4 is 48.6 Å². The summed E-state index contributed by atoms with van der Waals surface area (Å²) in [6.07, 6.45) is 0. The average molecular weight is 382 g/mol. The van der Waals surface area contributed by atoms with Gasteiger partial charge in [-0.3, -0.25) is 0 Å². The van der Waals surface area contributed by atoms with Crippen molar-refractivity contribution in [2.24, 2.45) is 0 Å². The summed E-state index contributed by atoms with van der Waals surface area (Å²) in [4.78, 5) is 4.50. The standard InChI is InChI=1S/C14H10Br2N2O/c1-7-3-2-4-9(12(7)16)14-18-11-6-8(15)5-10(17)13(11)19-14/h2-6H,17H2,1H3. The quantitative estimate of drug-likeness (QED) is 0.609. The molecule has 0 aliphatic rings. The number of hydrogen-bond acceptors (Lipinski definition) is 3. The number of aryl methyl sites for hydroxylation is 1. The van der Waals surface area contributed by atoms with Crippen molar-refractivity contribution in [3.8, 4) is 11.5 Å². The number of hydrogen-bond donors (Lipinski definition) is 1.